The van der Waals surface area contributed by atoms with Crippen molar-refractivity contribution in [3.63, 3.8) is 0 Å². The van der Waals surface area contributed by atoms with E-state index in [-0.39, 0.29) is 11.5 Å². The molecule has 7 nitrogen and oxygen atoms in total. The van der Waals surface area contributed by atoms with Crippen LogP contribution < -0.4 is 19.5 Å². The number of carbonyl (C=O) groups excluding carboxylic acids is 2. The molecule has 0 aromatic heterocycles. The van der Waals surface area contributed by atoms with Gasteiger partial charge in [0.15, 0.2) is 5.72 Å². The van der Waals surface area contributed by atoms with Crippen molar-refractivity contribution in [2.75, 3.05) is 27.3 Å². The molecule has 3 aromatic rings. The number of para-hydroxylation sites is 1. The lowest BCUT2D eigenvalue weighted by atomic mass is 9.93. The Kier molecular flexibility index (Phi) is 4.98. The van der Waals surface area contributed by atoms with Crippen molar-refractivity contribution in [2.24, 2.45) is 0 Å². The lowest BCUT2D eigenvalue weighted by Gasteiger charge is -2.47. The Morgan fingerprint density at radius 3 is 2.41 bits per heavy atom. The summed E-state index contributed by atoms with van der Waals surface area (Å²) in [6, 6.07) is 16.3. The first-order valence-electron chi connectivity index (χ1n) is 10.6. The van der Waals surface area contributed by atoms with Crippen molar-refractivity contribution in [3.8, 4) is 17.2 Å². The van der Waals surface area contributed by atoms with E-state index in [0.29, 0.717) is 48.7 Å². The van der Waals surface area contributed by atoms with Crippen molar-refractivity contribution in [3.05, 3.63) is 65.7 Å². The molecule has 0 bridgehead atoms. The van der Waals surface area contributed by atoms with E-state index in [1.165, 1.54) is 12.0 Å². The molecular weight excluding hydrogens is 408 g/mol. The summed E-state index contributed by atoms with van der Waals surface area (Å²) in [4.78, 5) is 29.0. The predicted molar refractivity (Wildman–Crippen MR) is 119 cm³/mol. The molecule has 1 saturated heterocycles. The summed E-state index contributed by atoms with van der Waals surface area (Å²) in [6.07, 6.45) is 0.984. The zero-order valence-corrected chi connectivity index (χ0v) is 18.0. The summed E-state index contributed by atoms with van der Waals surface area (Å²) in [7, 11) is 3.08. The van der Waals surface area contributed by atoms with Gasteiger partial charge in [-0.15, -0.1) is 0 Å². The van der Waals surface area contributed by atoms with Gasteiger partial charge in [-0.05, 0) is 18.2 Å². The molecule has 0 atom stereocenters. The maximum absolute atomic E-state index is 14.1. The molecule has 7 heteroatoms. The van der Waals surface area contributed by atoms with Crippen molar-refractivity contribution in [2.45, 2.75) is 18.6 Å². The number of hydrogen-bond acceptors (Lipinski definition) is 6. The summed E-state index contributed by atoms with van der Waals surface area (Å²) < 4.78 is 17.6. The van der Waals surface area contributed by atoms with Crippen molar-refractivity contribution in [1.82, 2.24) is 10.2 Å². The van der Waals surface area contributed by atoms with Crippen LogP contribution in [0.3, 0.4) is 0 Å². The highest BCUT2D eigenvalue weighted by Gasteiger charge is 2.51. The van der Waals surface area contributed by atoms with Crippen LogP contribution >= 0.6 is 0 Å². The van der Waals surface area contributed by atoms with E-state index >= 15 is 0 Å². The number of fused-ring (bicyclic) bond motifs is 2. The monoisotopic (exact) mass is 432 g/mol. The third-order valence-corrected chi connectivity index (χ3v) is 6.23. The van der Waals surface area contributed by atoms with E-state index in [9.17, 15) is 9.59 Å². The molecule has 2 aliphatic rings. The number of rotatable bonds is 3. The van der Waals surface area contributed by atoms with Gasteiger partial charge in [0.05, 0.1) is 25.3 Å². The van der Waals surface area contributed by atoms with E-state index in [2.05, 4.69) is 5.32 Å². The molecule has 0 aliphatic carbocycles. The van der Waals surface area contributed by atoms with Gasteiger partial charge in [0.1, 0.15) is 17.2 Å². The van der Waals surface area contributed by atoms with Gasteiger partial charge in [-0.25, -0.2) is 4.90 Å². The van der Waals surface area contributed by atoms with Gasteiger partial charge in [0.25, 0.3) is 11.8 Å². The topological polar surface area (TPSA) is 77.1 Å². The molecular formula is C25H24N2O5. The number of hydrogen-bond donors (Lipinski definition) is 1. The summed E-state index contributed by atoms with van der Waals surface area (Å²) in [5, 5.41) is 4.85. The standard InChI is InChI=1S/C25H24N2O5/c1-30-21-15-19(22(31-2)17-8-4-3-7-16(17)21)24(29)27-23(28)18-9-5-6-10-20(18)32-25(27)11-13-26-14-12-25/h3-10,15,26H,11-14H2,1-2H3. The Labute approximate surface area is 185 Å². The van der Waals surface area contributed by atoms with Gasteiger partial charge in [0.2, 0.25) is 0 Å². The van der Waals surface area contributed by atoms with Crippen LogP contribution in [-0.4, -0.2) is 49.7 Å². The predicted octanol–water partition coefficient (Wildman–Crippen LogP) is 3.61. The Morgan fingerprint density at radius 1 is 1.00 bits per heavy atom. The molecule has 3 aromatic carbocycles. The van der Waals surface area contributed by atoms with E-state index in [4.69, 9.17) is 14.2 Å². The molecule has 2 amide bonds. The minimum atomic E-state index is -1.06. The van der Waals surface area contributed by atoms with Crippen LogP contribution in [-0.2, 0) is 0 Å². The Bertz CT molecular complexity index is 1220. The zero-order chi connectivity index (χ0) is 22.3. The molecule has 2 aliphatic heterocycles. The maximum Gasteiger partial charge on any atom is 0.267 e. The quantitative estimate of drug-likeness (QED) is 0.637. The van der Waals surface area contributed by atoms with E-state index in [1.807, 2.05) is 30.3 Å². The molecule has 164 valence electrons. The first-order chi connectivity index (χ1) is 15.6. The van der Waals surface area contributed by atoms with Crippen LogP contribution in [0.5, 0.6) is 17.2 Å². The van der Waals surface area contributed by atoms with Gasteiger partial charge < -0.3 is 19.5 Å². The summed E-state index contributed by atoms with van der Waals surface area (Å²) >= 11 is 0. The largest absolute Gasteiger partial charge is 0.496 e. The average Bonchev–Trinajstić information content (AvgIpc) is 2.83. The SMILES string of the molecule is COc1cc(C(=O)N2C(=O)c3ccccc3OC23CCNCC3)c(OC)c2ccccc12. The molecule has 1 spiro atoms. The Morgan fingerprint density at radius 2 is 1.69 bits per heavy atom. The summed E-state index contributed by atoms with van der Waals surface area (Å²) in [6.45, 7) is 1.27. The number of ether oxygens (including phenoxy) is 3. The fourth-order valence-electron chi connectivity index (χ4n) is 4.69. The summed E-state index contributed by atoms with van der Waals surface area (Å²) in [5.41, 5.74) is -0.425. The summed E-state index contributed by atoms with van der Waals surface area (Å²) in [5.74, 6) is 0.615. The highest BCUT2D eigenvalue weighted by Crippen LogP contribution is 2.42. The third-order valence-electron chi connectivity index (χ3n) is 6.23. The second-order valence-corrected chi connectivity index (χ2v) is 7.95. The Hall–Kier alpha value is -3.58. The van der Waals surface area contributed by atoms with Gasteiger partial charge in [0, 0.05) is 36.7 Å². The minimum Gasteiger partial charge on any atom is -0.496 e. The van der Waals surface area contributed by atoms with Crippen LogP contribution in [0, 0.1) is 0 Å². The van der Waals surface area contributed by atoms with Crippen LogP contribution in [0.25, 0.3) is 10.8 Å². The number of nitrogens with zero attached hydrogens (tertiary/aromatic N) is 1. The van der Waals surface area contributed by atoms with E-state index in [1.54, 1.807) is 31.4 Å². The van der Waals surface area contributed by atoms with Crippen LogP contribution in [0.1, 0.15) is 33.6 Å². The van der Waals surface area contributed by atoms with Crippen molar-refractivity contribution < 1.29 is 23.8 Å². The second-order valence-electron chi connectivity index (χ2n) is 7.95. The van der Waals surface area contributed by atoms with Crippen LogP contribution in [0.2, 0.25) is 0 Å². The number of nitrogens with one attached hydrogen (secondary N) is 1. The number of amides is 2. The lowest BCUT2D eigenvalue weighted by Crippen LogP contribution is -2.64. The molecule has 32 heavy (non-hydrogen) atoms. The number of carbonyl (C=O) groups is 2. The molecule has 2 heterocycles. The first kappa shape index (κ1) is 20.3. The smallest absolute Gasteiger partial charge is 0.267 e. The van der Waals surface area contributed by atoms with Crippen LogP contribution in [0.15, 0.2) is 54.6 Å². The normalized spacial score (nSPS) is 17.1. The Balaban J connectivity index is 1.70. The number of piperidine rings is 1. The fourth-order valence-corrected chi connectivity index (χ4v) is 4.69. The van der Waals surface area contributed by atoms with Gasteiger partial charge in [-0.1, -0.05) is 36.4 Å². The zero-order valence-electron chi connectivity index (χ0n) is 18.0. The third kappa shape index (κ3) is 3.00. The average molecular weight is 432 g/mol. The van der Waals surface area contributed by atoms with Gasteiger partial charge >= 0.3 is 0 Å². The van der Waals surface area contributed by atoms with Crippen molar-refractivity contribution in [1.29, 1.82) is 0 Å². The minimum absolute atomic E-state index is 0.261. The highest BCUT2D eigenvalue weighted by atomic mass is 16.5. The molecule has 0 saturated carbocycles. The van der Waals surface area contributed by atoms with E-state index in [0.717, 1.165) is 10.8 Å². The van der Waals surface area contributed by atoms with Crippen molar-refractivity contribution >= 4 is 22.6 Å². The van der Waals surface area contributed by atoms with E-state index < -0.39 is 11.6 Å². The lowest BCUT2D eigenvalue weighted by molar-refractivity contribution is -0.0777. The fraction of sp³-hybridized carbons (Fsp3) is 0.280. The number of methoxy groups -OCH3 is 2. The maximum atomic E-state index is 14.1. The number of imide groups is 1. The molecule has 0 unspecified atom stereocenters. The molecule has 1 fully saturated rings. The molecule has 5 rings (SSSR count). The van der Waals surface area contributed by atoms with Gasteiger partial charge in [-0.2, -0.15) is 0 Å². The number of benzene rings is 3. The molecule has 0 radical (unpaired) electrons. The van der Waals surface area contributed by atoms with Crippen LogP contribution in [0.4, 0.5) is 0 Å². The van der Waals surface area contributed by atoms with Gasteiger partial charge in [-0.3, -0.25) is 9.59 Å². The molecule has 1 N–H and O–H groups in total. The second kappa shape index (κ2) is 7.84. The first-order valence-corrected chi connectivity index (χ1v) is 10.6. The highest BCUT2D eigenvalue weighted by molar-refractivity contribution is 6.15.